The molecule has 2 aromatic rings. The Balaban J connectivity index is 2.13. The minimum absolute atomic E-state index is 0.0130. The maximum Gasteiger partial charge on any atom is 0.329 e. The standard InChI is InChI=1S/C20H25ClN4O6S/c1-11(17-23-19(24-31-17)20(2,3)4)30-18(27)15(8-9-32-5)22-16(26)13-7-6-12(25(28)29)10-14(13)21/h6-7,10-11,15H,8-9H2,1-5H3,(H,22,26). The van der Waals surface area contributed by atoms with E-state index in [2.05, 4.69) is 15.5 Å². The third-order valence-electron chi connectivity index (χ3n) is 4.36. The first-order valence-corrected chi connectivity index (χ1v) is 11.5. The van der Waals surface area contributed by atoms with Crippen molar-refractivity contribution in [1.82, 2.24) is 15.5 Å². The predicted molar refractivity (Wildman–Crippen MR) is 120 cm³/mol. The topological polar surface area (TPSA) is 137 Å². The number of nitro benzene ring substituents is 1. The first-order valence-electron chi connectivity index (χ1n) is 9.72. The van der Waals surface area contributed by atoms with Crippen LogP contribution in [-0.4, -0.2) is 45.0 Å². The second-order valence-electron chi connectivity index (χ2n) is 8.01. The number of aromatic nitrogens is 2. The average Bonchev–Trinajstić information content (AvgIpc) is 3.21. The molecular formula is C20H25ClN4O6S. The summed E-state index contributed by atoms with van der Waals surface area (Å²) in [6, 6.07) is 2.52. The van der Waals surface area contributed by atoms with E-state index in [0.717, 1.165) is 6.07 Å². The van der Waals surface area contributed by atoms with Crippen molar-refractivity contribution in [3.63, 3.8) is 0 Å². The zero-order valence-electron chi connectivity index (χ0n) is 18.4. The summed E-state index contributed by atoms with van der Waals surface area (Å²) in [4.78, 5) is 40.0. The summed E-state index contributed by atoms with van der Waals surface area (Å²) in [6.45, 7) is 7.37. The molecule has 12 heteroatoms. The van der Waals surface area contributed by atoms with Gasteiger partial charge in [0.2, 0.25) is 0 Å². The first kappa shape index (κ1) is 25.6. The fourth-order valence-electron chi connectivity index (χ4n) is 2.53. The monoisotopic (exact) mass is 484 g/mol. The molecule has 1 aromatic heterocycles. The van der Waals surface area contributed by atoms with Crippen LogP contribution in [0.2, 0.25) is 5.02 Å². The van der Waals surface area contributed by atoms with Gasteiger partial charge in [-0.2, -0.15) is 16.7 Å². The molecule has 174 valence electrons. The number of nitro groups is 1. The second-order valence-corrected chi connectivity index (χ2v) is 9.41. The smallest absolute Gasteiger partial charge is 0.329 e. The molecule has 1 amide bonds. The van der Waals surface area contributed by atoms with Gasteiger partial charge in [-0.05, 0) is 31.4 Å². The van der Waals surface area contributed by atoms with Crippen LogP contribution in [0.3, 0.4) is 0 Å². The van der Waals surface area contributed by atoms with Crippen molar-refractivity contribution in [1.29, 1.82) is 0 Å². The van der Waals surface area contributed by atoms with Crippen LogP contribution in [0, 0.1) is 10.1 Å². The van der Waals surface area contributed by atoms with Gasteiger partial charge in [-0.15, -0.1) is 0 Å². The second kappa shape index (κ2) is 10.8. The Morgan fingerprint density at radius 1 is 1.38 bits per heavy atom. The summed E-state index contributed by atoms with van der Waals surface area (Å²) in [5.41, 5.74) is -0.559. The van der Waals surface area contributed by atoms with Gasteiger partial charge in [0.15, 0.2) is 11.9 Å². The molecule has 0 bridgehead atoms. The van der Waals surface area contributed by atoms with E-state index in [9.17, 15) is 19.7 Å². The van der Waals surface area contributed by atoms with E-state index >= 15 is 0 Å². The maximum absolute atomic E-state index is 12.8. The minimum atomic E-state index is -0.964. The minimum Gasteiger partial charge on any atom is -0.451 e. The SMILES string of the molecule is CSCCC(NC(=O)c1ccc([N+](=O)[O-])cc1Cl)C(=O)OC(C)c1nc(C(C)(C)C)no1. The molecular weight excluding hydrogens is 460 g/mol. The Bertz CT molecular complexity index is 991. The number of carbonyl (C=O) groups excluding carboxylic acids is 2. The molecule has 1 aromatic carbocycles. The molecule has 2 atom stereocenters. The zero-order valence-corrected chi connectivity index (χ0v) is 20.0. The van der Waals surface area contributed by atoms with Gasteiger partial charge >= 0.3 is 5.97 Å². The molecule has 0 aliphatic rings. The van der Waals surface area contributed by atoms with Crippen LogP contribution in [0.5, 0.6) is 0 Å². The Labute approximate surface area is 194 Å². The van der Waals surface area contributed by atoms with Crippen molar-refractivity contribution in [3.8, 4) is 0 Å². The van der Waals surface area contributed by atoms with Gasteiger partial charge in [-0.25, -0.2) is 4.79 Å². The zero-order chi connectivity index (χ0) is 24.1. The number of esters is 1. The van der Waals surface area contributed by atoms with E-state index in [1.165, 1.54) is 23.9 Å². The van der Waals surface area contributed by atoms with Crippen LogP contribution in [0.25, 0.3) is 0 Å². The highest BCUT2D eigenvalue weighted by Crippen LogP contribution is 2.24. The number of rotatable bonds is 9. The normalized spacial score (nSPS) is 13.3. The number of carbonyl (C=O) groups is 2. The van der Waals surface area contributed by atoms with E-state index in [-0.39, 0.29) is 27.6 Å². The Morgan fingerprint density at radius 2 is 2.06 bits per heavy atom. The van der Waals surface area contributed by atoms with Gasteiger partial charge in [0.05, 0.1) is 15.5 Å². The molecule has 0 fully saturated rings. The Kier molecular flexibility index (Phi) is 8.62. The lowest BCUT2D eigenvalue weighted by molar-refractivity contribution is -0.384. The molecule has 0 spiro atoms. The Hall–Kier alpha value is -2.66. The number of thioether (sulfide) groups is 1. The third kappa shape index (κ3) is 6.67. The van der Waals surface area contributed by atoms with Gasteiger partial charge in [0.25, 0.3) is 17.5 Å². The van der Waals surface area contributed by atoms with Crippen molar-refractivity contribution in [2.45, 2.75) is 51.7 Å². The third-order valence-corrected chi connectivity index (χ3v) is 5.32. The summed E-state index contributed by atoms with van der Waals surface area (Å²) in [5.74, 6) is -0.106. The number of non-ortho nitro benzene ring substituents is 1. The summed E-state index contributed by atoms with van der Waals surface area (Å²) in [6.07, 6.45) is 1.36. The molecule has 0 aliphatic carbocycles. The number of hydrogen-bond acceptors (Lipinski definition) is 9. The maximum atomic E-state index is 12.8. The van der Waals surface area contributed by atoms with Gasteiger partial charge in [0, 0.05) is 17.5 Å². The molecule has 0 radical (unpaired) electrons. The fourth-order valence-corrected chi connectivity index (χ4v) is 3.27. The van der Waals surface area contributed by atoms with Crippen molar-refractivity contribution in [2.24, 2.45) is 0 Å². The molecule has 0 aliphatic heterocycles. The summed E-state index contributed by atoms with van der Waals surface area (Å²) in [5, 5.41) is 17.3. The van der Waals surface area contributed by atoms with Crippen molar-refractivity contribution < 1.29 is 23.8 Å². The van der Waals surface area contributed by atoms with Gasteiger partial charge in [0.1, 0.15) is 6.04 Å². The molecule has 0 saturated carbocycles. The molecule has 2 rings (SSSR count). The number of nitrogens with zero attached hydrogens (tertiary/aromatic N) is 3. The van der Waals surface area contributed by atoms with Crippen LogP contribution < -0.4 is 5.32 Å². The lowest BCUT2D eigenvalue weighted by Crippen LogP contribution is -2.42. The largest absolute Gasteiger partial charge is 0.451 e. The highest BCUT2D eigenvalue weighted by molar-refractivity contribution is 7.98. The molecule has 1 heterocycles. The molecule has 2 unspecified atom stereocenters. The Morgan fingerprint density at radius 3 is 2.59 bits per heavy atom. The van der Waals surface area contributed by atoms with E-state index in [1.54, 1.807) is 6.92 Å². The lowest BCUT2D eigenvalue weighted by Gasteiger charge is -2.19. The highest BCUT2D eigenvalue weighted by atomic mass is 35.5. The number of halogens is 1. The first-order chi connectivity index (χ1) is 14.9. The quantitative estimate of drug-likeness (QED) is 0.317. The molecule has 32 heavy (non-hydrogen) atoms. The van der Waals surface area contributed by atoms with E-state index in [0.29, 0.717) is 18.0 Å². The van der Waals surface area contributed by atoms with Crippen molar-refractivity contribution >= 4 is 40.9 Å². The van der Waals surface area contributed by atoms with Crippen molar-refractivity contribution in [3.05, 3.63) is 50.6 Å². The van der Waals surface area contributed by atoms with Crippen LogP contribution in [-0.2, 0) is 14.9 Å². The van der Waals surface area contributed by atoms with Crippen LogP contribution in [0.1, 0.15) is 62.3 Å². The highest BCUT2D eigenvalue weighted by Gasteiger charge is 2.29. The van der Waals surface area contributed by atoms with Crippen LogP contribution in [0.4, 0.5) is 5.69 Å². The predicted octanol–water partition coefficient (Wildman–Crippen LogP) is 4.08. The van der Waals surface area contributed by atoms with Gasteiger partial charge in [-0.3, -0.25) is 14.9 Å². The van der Waals surface area contributed by atoms with Crippen LogP contribution in [0.15, 0.2) is 22.7 Å². The van der Waals surface area contributed by atoms with Crippen LogP contribution >= 0.6 is 23.4 Å². The van der Waals surface area contributed by atoms with E-state index < -0.39 is 28.9 Å². The summed E-state index contributed by atoms with van der Waals surface area (Å²) in [7, 11) is 0. The lowest BCUT2D eigenvalue weighted by atomic mass is 9.96. The van der Waals surface area contributed by atoms with E-state index in [4.69, 9.17) is 20.9 Å². The van der Waals surface area contributed by atoms with Gasteiger partial charge < -0.3 is 14.6 Å². The summed E-state index contributed by atoms with van der Waals surface area (Å²) < 4.78 is 10.7. The number of nitrogens with one attached hydrogen (secondary N) is 1. The number of ether oxygens (including phenoxy) is 1. The molecule has 0 saturated heterocycles. The molecule has 1 N–H and O–H groups in total. The fraction of sp³-hybridized carbons (Fsp3) is 0.500. The number of hydrogen-bond donors (Lipinski definition) is 1. The summed E-state index contributed by atoms with van der Waals surface area (Å²) >= 11 is 7.52. The number of benzene rings is 1. The number of amides is 1. The molecule has 10 nitrogen and oxygen atoms in total. The van der Waals surface area contributed by atoms with Crippen molar-refractivity contribution in [2.75, 3.05) is 12.0 Å². The van der Waals surface area contributed by atoms with E-state index in [1.807, 2.05) is 27.0 Å². The average molecular weight is 485 g/mol. The van der Waals surface area contributed by atoms with Gasteiger partial charge in [-0.1, -0.05) is 37.5 Å².